The number of rotatable bonds is 3. The molecule has 0 atom stereocenters. The number of ether oxygens (including phenoxy) is 2. The lowest BCUT2D eigenvalue weighted by molar-refractivity contribution is 0.0227. The highest BCUT2D eigenvalue weighted by molar-refractivity contribution is 6.13. The van der Waals surface area contributed by atoms with Gasteiger partial charge in [0.15, 0.2) is 0 Å². The van der Waals surface area contributed by atoms with E-state index in [1.807, 2.05) is 18.2 Å². The smallest absolute Gasteiger partial charge is 0.339 e. The molecule has 8 nitrogen and oxygen atoms in total. The minimum Gasteiger partial charge on any atom is -0.478 e. The van der Waals surface area contributed by atoms with Crippen molar-refractivity contribution in [2.24, 2.45) is 0 Å². The SMILES string of the molecule is O=C(O)c1ccc(-c2ccc(C(=O)O)cc2)cc1.O=C1OCCOC(=O)c2c1ccc1ccccc21. The van der Waals surface area contributed by atoms with Crippen LogP contribution in [-0.2, 0) is 9.47 Å². The van der Waals surface area contributed by atoms with Crippen molar-refractivity contribution in [3.63, 3.8) is 0 Å². The Morgan fingerprint density at radius 1 is 0.611 bits per heavy atom. The van der Waals surface area contributed by atoms with Gasteiger partial charge in [-0.15, -0.1) is 0 Å². The maximum atomic E-state index is 12.0. The van der Waals surface area contributed by atoms with Gasteiger partial charge in [0.2, 0.25) is 0 Å². The number of hydrogen-bond acceptors (Lipinski definition) is 6. The van der Waals surface area contributed by atoms with Crippen LogP contribution >= 0.6 is 0 Å². The van der Waals surface area contributed by atoms with Crippen molar-refractivity contribution in [2.75, 3.05) is 13.2 Å². The average molecular weight is 484 g/mol. The highest BCUT2D eigenvalue weighted by Crippen LogP contribution is 2.25. The fourth-order valence-corrected chi connectivity index (χ4v) is 3.69. The van der Waals surface area contributed by atoms with E-state index in [0.717, 1.165) is 16.5 Å². The van der Waals surface area contributed by atoms with Crippen LogP contribution in [0.15, 0.2) is 84.9 Å². The summed E-state index contributed by atoms with van der Waals surface area (Å²) >= 11 is 0. The van der Waals surface area contributed by atoms with E-state index in [2.05, 4.69) is 0 Å². The topological polar surface area (TPSA) is 127 Å². The summed E-state index contributed by atoms with van der Waals surface area (Å²) in [6.07, 6.45) is 0. The maximum Gasteiger partial charge on any atom is 0.339 e. The Bertz CT molecular complexity index is 1400. The summed E-state index contributed by atoms with van der Waals surface area (Å²) < 4.78 is 10.0. The molecule has 36 heavy (non-hydrogen) atoms. The van der Waals surface area contributed by atoms with Crippen LogP contribution in [0.25, 0.3) is 21.9 Å². The van der Waals surface area contributed by atoms with Gasteiger partial charge in [-0.2, -0.15) is 0 Å². The lowest BCUT2D eigenvalue weighted by Gasteiger charge is -2.15. The number of fused-ring (bicyclic) bond motifs is 3. The number of cyclic esters (lactones) is 2. The minimum atomic E-state index is -0.970. The van der Waals surface area contributed by atoms with E-state index >= 15 is 0 Å². The Morgan fingerprint density at radius 2 is 1.11 bits per heavy atom. The Labute approximate surface area is 205 Å². The first kappa shape index (κ1) is 24.2. The highest BCUT2D eigenvalue weighted by Gasteiger charge is 2.24. The van der Waals surface area contributed by atoms with Crippen molar-refractivity contribution in [2.45, 2.75) is 0 Å². The molecule has 0 fully saturated rings. The molecule has 5 rings (SSSR count). The molecule has 0 saturated carbocycles. The number of benzene rings is 4. The third kappa shape index (κ3) is 5.23. The molecule has 0 bridgehead atoms. The predicted molar refractivity (Wildman–Crippen MR) is 130 cm³/mol. The largest absolute Gasteiger partial charge is 0.478 e. The molecule has 1 heterocycles. The van der Waals surface area contributed by atoms with Crippen LogP contribution in [0.4, 0.5) is 0 Å². The number of aromatic carboxylic acids is 2. The number of hydrogen-bond donors (Lipinski definition) is 2. The summed E-state index contributed by atoms with van der Waals surface area (Å²) in [6, 6.07) is 23.6. The zero-order valence-corrected chi connectivity index (χ0v) is 18.8. The minimum absolute atomic E-state index is 0.0905. The van der Waals surface area contributed by atoms with Gasteiger partial charge >= 0.3 is 23.9 Å². The van der Waals surface area contributed by atoms with Crippen molar-refractivity contribution < 1.29 is 38.9 Å². The molecular formula is C28H20O8. The Balaban J connectivity index is 0.000000169. The number of carbonyl (C=O) groups is 4. The van der Waals surface area contributed by atoms with Gasteiger partial charge in [0, 0.05) is 0 Å². The second-order valence-electron chi connectivity index (χ2n) is 7.75. The zero-order valence-electron chi connectivity index (χ0n) is 18.8. The molecule has 8 heteroatoms. The summed E-state index contributed by atoms with van der Waals surface area (Å²) in [5.41, 5.74) is 2.69. The molecule has 180 valence electrons. The molecule has 1 aliphatic rings. The van der Waals surface area contributed by atoms with Gasteiger partial charge in [-0.1, -0.05) is 54.6 Å². The van der Waals surface area contributed by atoms with Crippen LogP contribution in [0.3, 0.4) is 0 Å². The number of carboxylic acid groups (broad SMARTS) is 2. The molecule has 0 unspecified atom stereocenters. The molecule has 0 aromatic heterocycles. The van der Waals surface area contributed by atoms with Gasteiger partial charge in [0.1, 0.15) is 13.2 Å². The Morgan fingerprint density at radius 3 is 1.64 bits per heavy atom. The summed E-state index contributed by atoms with van der Waals surface area (Å²) in [4.78, 5) is 45.2. The van der Waals surface area contributed by atoms with E-state index in [1.54, 1.807) is 42.5 Å². The predicted octanol–water partition coefficient (Wildman–Crippen LogP) is 4.92. The first-order chi connectivity index (χ1) is 17.3. The van der Waals surface area contributed by atoms with Crippen molar-refractivity contribution in [1.82, 2.24) is 0 Å². The van der Waals surface area contributed by atoms with Crippen LogP contribution < -0.4 is 0 Å². The van der Waals surface area contributed by atoms with Gasteiger partial charge in [-0.3, -0.25) is 0 Å². The summed E-state index contributed by atoms with van der Waals surface area (Å²) in [5, 5.41) is 19.2. The molecule has 2 N–H and O–H groups in total. The molecule has 1 aliphatic heterocycles. The van der Waals surface area contributed by atoms with E-state index < -0.39 is 23.9 Å². The zero-order chi connectivity index (χ0) is 25.7. The fourth-order valence-electron chi connectivity index (χ4n) is 3.69. The lowest BCUT2D eigenvalue weighted by Crippen LogP contribution is -2.21. The highest BCUT2D eigenvalue weighted by atomic mass is 16.6. The van der Waals surface area contributed by atoms with E-state index in [-0.39, 0.29) is 35.5 Å². The number of esters is 2. The number of carbonyl (C=O) groups excluding carboxylic acids is 2. The van der Waals surface area contributed by atoms with E-state index in [9.17, 15) is 19.2 Å². The summed E-state index contributed by atoms with van der Waals surface area (Å²) in [7, 11) is 0. The van der Waals surface area contributed by atoms with Gasteiger partial charge < -0.3 is 19.7 Å². The fraction of sp³-hybridized carbons (Fsp3) is 0.0714. The molecule has 4 aromatic rings. The van der Waals surface area contributed by atoms with Gasteiger partial charge in [0.25, 0.3) is 0 Å². The average Bonchev–Trinajstić information content (AvgIpc) is 2.90. The summed E-state index contributed by atoms with van der Waals surface area (Å²) in [5.74, 6) is -2.89. The maximum absolute atomic E-state index is 12.0. The van der Waals surface area contributed by atoms with Crippen molar-refractivity contribution in [1.29, 1.82) is 0 Å². The van der Waals surface area contributed by atoms with Crippen LogP contribution in [0, 0.1) is 0 Å². The Kier molecular flexibility index (Phi) is 7.06. The molecule has 4 aromatic carbocycles. The third-order valence-corrected chi connectivity index (χ3v) is 5.50. The molecule has 0 aliphatic carbocycles. The normalized spacial score (nSPS) is 12.7. The quantitative estimate of drug-likeness (QED) is 0.393. The van der Waals surface area contributed by atoms with Gasteiger partial charge in [-0.25, -0.2) is 19.2 Å². The van der Waals surface area contributed by atoms with Crippen LogP contribution in [0.1, 0.15) is 41.4 Å². The van der Waals surface area contributed by atoms with Gasteiger partial charge in [-0.05, 0) is 52.2 Å². The second-order valence-corrected chi connectivity index (χ2v) is 7.75. The first-order valence-electron chi connectivity index (χ1n) is 10.9. The second kappa shape index (κ2) is 10.5. The molecule has 0 amide bonds. The Hall–Kier alpha value is -4.98. The third-order valence-electron chi connectivity index (χ3n) is 5.50. The van der Waals surface area contributed by atoms with Crippen molar-refractivity contribution >= 4 is 34.6 Å². The monoisotopic (exact) mass is 484 g/mol. The lowest BCUT2D eigenvalue weighted by atomic mass is 9.99. The first-order valence-corrected chi connectivity index (χ1v) is 10.9. The molecular weight excluding hydrogens is 464 g/mol. The van der Waals surface area contributed by atoms with Crippen LogP contribution in [0.5, 0.6) is 0 Å². The number of carboxylic acids is 2. The van der Waals surface area contributed by atoms with Crippen LogP contribution in [-0.4, -0.2) is 47.3 Å². The molecule has 0 saturated heterocycles. The summed E-state index contributed by atoms with van der Waals surface area (Å²) in [6.45, 7) is 0.185. The van der Waals surface area contributed by atoms with Crippen molar-refractivity contribution in [3.05, 3.63) is 107 Å². The van der Waals surface area contributed by atoms with E-state index in [4.69, 9.17) is 19.7 Å². The van der Waals surface area contributed by atoms with Crippen molar-refractivity contribution in [3.8, 4) is 11.1 Å². The molecule has 0 radical (unpaired) electrons. The van der Waals surface area contributed by atoms with Crippen LogP contribution in [0.2, 0.25) is 0 Å². The standard InChI is InChI=1S/2C14H10O4/c15-13-11-6-5-9-3-1-2-4-10(9)12(11)14(16)18-8-7-17-13;15-13(16)11-5-1-9(2-6-11)10-3-7-12(8-4-10)14(17)18/h1-6H,7-8H2;1-8H,(H,15,16)(H,17,18). The van der Waals surface area contributed by atoms with Gasteiger partial charge in [0.05, 0.1) is 22.3 Å². The van der Waals surface area contributed by atoms with E-state index in [1.165, 1.54) is 24.3 Å². The van der Waals surface area contributed by atoms with E-state index in [0.29, 0.717) is 5.39 Å². The molecule has 0 spiro atoms.